The highest BCUT2D eigenvalue weighted by Gasteiger charge is 2.21. The molecule has 7 nitrogen and oxygen atoms in total. The molecule has 32 heavy (non-hydrogen) atoms. The maximum Gasteiger partial charge on any atom is 0.262 e. The molecule has 0 radical (unpaired) electrons. The summed E-state index contributed by atoms with van der Waals surface area (Å²) in [4.78, 5) is 20.7. The summed E-state index contributed by atoms with van der Waals surface area (Å²) in [7, 11) is -3.74. The van der Waals surface area contributed by atoms with Gasteiger partial charge in [0, 0.05) is 40.8 Å². The first-order chi connectivity index (χ1) is 15.4. The predicted octanol–water partition coefficient (Wildman–Crippen LogP) is 4.02. The summed E-state index contributed by atoms with van der Waals surface area (Å²) < 4.78 is 27.9. The first-order valence-electron chi connectivity index (χ1n) is 11.0. The highest BCUT2D eigenvalue weighted by Crippen LogP contribution is 2.32. The molecule has 1 unspecified atom stereocenters. The van der Waals surface area contributed by atoms with Crippen LogP contribution in [0.1, 0.15) is 47.8 Å². The number of amides is 1. The van der Waals surface area contributed by atoms with Crippen molar-refractivity contribution in [1.29, 1.82) is 0 Å². The number of carbonyl (C=O) groups excluding carboxylic acids is 1. The van der Waals surface area contributed by atoms with Gasteiger partial charge in [-0.1, -0.05) is 13.0 Å². The lowest BCUT2D eigenvalue weighted by atomic mass is 9.87. The number of rotatable bonds is 4. The van der Waals surface area contributed by atoms with Crippen LogP contribution in [0, 0.1) is 5.92 Å². The van der Waals surface area contributed by atoms with E-state index < -0.39 is 10.0 Å². The van der Waals surface area contributed by atoms with Gasteiger partial charge in [-0.2, -0.15) is 0 Å². The molecule has 166 valence electrons. The number of nitrogens with one attached hydrogen (secondary N) is 3. The molecule has 2 heterocycles. The Bertz CT molecular complexity index is 1340. The fraction of sp³-hybridized carbons (Fsp3) is 0.333. The molecule has 1 aliphatic heterocycles. The molecular weight excluding hydrogens is 424 g/mol. The van der Waals surface area contributed by atoms with Gasteiger partial charge >= 0.3 is 0 Å². The molecule has 1 aromatic heterocycles. The molecule has 3 aromatic rings. The number of amidine groups is 1. The van der Waals surface area contributed by atoms with Gasteiger partial charge in [0.2, 0.25) is 0 Å². The lowest BCUT2D eigenvalue weighted by molar-refractivity contribution is 0.102. The average molecular weight is 451 g/mol. The molecule has 8 heteroatoms. The number of aliphatic imine (C=N–C) groups is 1. The normalized spacial score (nSPS) is 18.3. The first kappa shape index (κ1) is 20.8. The third kappa shape index (κ3) is 4.02. The van der Waals surface area contributed by atoms with Gasteiger partial charge < -0.3 is 10.3 Å². The van der Waals surface area contributed by atoms with Gasteiger partial charge in [0.25, 0.3) is 15.9 Å². The van der Waals surface area contributed by atoms with Crippen LogP contribution in [-0.4, -0.2) is 31.7 Å². The van der Waals surface area contributed by atoms with Crippen LogP contribution in [0.2, 0.25) is 0 Å². The predicted molar refractivity (Wildman–Crippen MR) is 126 cm³/mol. The van der Waals surface area contributed by atoms with Crippen LogP contribution in [-0.2, 0) is 22.9 Å². The van der Waals surface area contributed by atoms with Crippen molar-refractivity contribution in [3.63, 3.8) is 0 Å². The van der Waals surface area contributed by atoms with Crippen LogP contribution in [0.3, 0.4) is 0 Å². The van der Waals surface area contributed by atoms with Crippen LogP contribution in [0.15, 0.2) is 52.4 Å². The highest BCUT2D eigenvalue weighted by molar-refractivity contribution is 7.90. The van der Waals surface area contributed by atoms with Crippen molar-refractivity contribution >= 4 is 38.4 Å². The minimum Gasteiger partial charge on any atom is -0.358 e. The number of anilines is 1. The van der Waals surface area contributed by atoms with E-state index in [0.29, 0.717) is 36.0 Å². The van der Waals surface area contributed by atoms with Crippen molar-refractivity contribution in [3.05, 3.63) is 59.3 Å². The van der Waals surface area contributed by atoms with E-state index in [-0.39, 0.29) is 10.8 Å². The zero-order valence-electron chi connectivity index (χ0n) is 17.9. The summed E-state index contributed by atoms with van der Waals surface area (Å²) in [5, 5.41) is 3.93. The van der Waals surface area contributed by atoms with Gasteiger partial charge in [-0.05, 0) is 73.6 Å². The van der Waals surface area contributed by atoms with Gasteiger partial charge in [0.15, 0.2) is 0 Å². The number of aryl methyl sites for hydroxylation is 1. The van der Waals surface area contributed by atoms with E-state index >= 15 is 0 Å². The monoisotopic (exact) mass is 450 g/mol. The van der Waals surface area contributed by atoms with Gasteiger partial charge in [-0.15, -0.1) is 0 Å². The first-order valence-corrected chi connectivity index (χ1v) is 12.5. The summed E-state index contributed by atoms with van der Waals surface area (Å²) in [6, 6.07) is 11.9. The van der Waals surface area contributed by atoms with Crippen molar-refractivity contribution in [3.8, 4) is 0 Å². The number of sulfonamides is 1. The number of hydrogen-bond acceptors (Lipinski definition) is 4. The van der Waals surface area contributed by atoms with Gasteiger partial charge in [0.1, 0.15) is 5.84 Å². The SMILES string of the molecule is CC1CCc2[nH]c3ccc(C(=O)Nc4cccc(S(=O)(=O)NC5=NCCC5)c4)cc3c2C1. The summed E-state index contributed by atoms with van der Waals surface area (Å²) >= 11 is 0. The third-order valence-electron chi connectivity index (χ3n) is 6.23. The fourth-order valence-corrected chi connectivity index (χ4v) is 5.65. The van der Waals surface area contributed by atoms with Crippen molar-refractivity contribution < 1.29 is 13.2 Å². The Balaban J connectivity index is 1.38. The van der Waals surface area contributed by atoms with Crippen LogP contribution in [0.25, 0.3) is 10.9 Å². The molecule has 1 amide bonds. The lowest BCUT2D eigenvalue weighted by Crippen LogP contribution is -2.29. The maximum absolute atomic E-state index is 12.9. The van der Waals surface area contributed by atoms with E-state index in [4.69, 9.17) is 0 Å². The summed E-state index contributed by atoms with van der Waals surface area (Å²) in [6.07, 6.45) is 4.70. The fourth-order valence-electron chi connectivity index (χ4n) is 4.51. The summed E-state index contributed by atoms with van der Waals surface area (Å²) in [6.45, 7) is 2.90. The van der Waals surface area contributed by atoms with Crippen molar-refractivity contribution in [2.24, 2.45) is 10.9 Å². The highest BCUT2D eigenvalue weighted by atomic mass is 32.2. The number of aromatic nitrogens is 1. The van der Waals surface area contributed by atoms with E-state index in [1.54, 1.807) is 18.2 Å². The second-order valence-corrected chi connectivity index (χ2v) is 10.4. The number of hydrogen-bond donors (Lipinski definition) is 3. The molecule has 3 N–H and O–H groups in total. The molecule has 0 saturated carbocycles. The van der Waals surface area contributed by atoms with Crippen molar-refractivity contribution in [2.75, 3.05) is 11.9 Å². The van der Waals surface area contributed by atoms with E-state index in [1.165, 1.54) is 29.8 Å². The zero-order chi connectivity index (χ0) is 22.3. The molecule has 5 rings (SSSR count). The van der Waals surface area contributed by atoms with Crippen molar-refractivity contribution in [2.45, 2.75) is 43.9 Å². The molecule has 2 aliphatic rings. The molecule has 0 bridgehead atoms. The van der Waals surface area contributed by atoms with E-state index in [1.807, 2.05) is 12.1 Å². The minimum atomic E-state index is -3.74. The molecule has 0 spiro atoms. The van der Waals surface area contributed by atoms with Gasteiger partial charge in [-0.3, -0.25) is 14.5 Å². The number of fused-ring (bicyclic) bond motifs is 3. The largest absolute Gasteiger partial charge is 0.358 e. The zero-order valence-corrected chi connectivity index (χ0v) is 18.8. The number of carbonyl (C=O) groups is 1. The lowest BCUT2D eigenvalue weighted by Gasteiger charge is -2.18. The average Bonchev–Trinajstić information content (AvgIpc) is 3.40. The molecule has 1 atom stereocenters. The molecule has 0 fully saturated rings. The van der Waals surface area contributed by atoms with E-state index in [2.05, 4.69) is 26.9 Å². The standard InChI is InChI=1S/C24H26N4O3S/c1-15-7-9-21-19(12-15)20-13-16(8-10-22(20)27-21)24(29)26-17-4-2-5-18(14-17)32(30,31)28-23-6-3-11-25-23/h2,4-5,8,10,13-15,27H,3,6-7,9,11-12H2,1H3,(H,25,28)(H,26,29). The number of nitrogens with zero attached hydrogens (tertiary/aromatic N) is 1. The Morgan fingerprint density at radius 1 is 1.16 bits per heavy atom. The third-order valence-corrected chi connectivity index (χ3v) is 7.60. The number of H-pyrrole nitrogens is 1. The maximum atomic E-state index is 12.9. The second-order valence-electron chi connectivity index (χ2n) is 8.71. The van der Waals surface area contributed by atoms with Crippen LogP contribution in [0.5, 0.6) is 0 Å². The van der Waals surface area contributed by atoms with E-state index in [0.717, 1.165) is 30.2 Å². The Morgan fingerprint density at radius 3 is 2.84 bits per heavy atom. The minimum absolute atomic E-state index is 0.0917. The summed E-state index contributed by atoms with van der Waals surface area (Å²) in [5.41, 5.74) is 4.60. The Hall–Kier alpha value is -3.13. The molecule has 2 aromatic carbocycles. The summed E-state index contributed by atoms with van der Waals surface area (Å²) in [5.74, 6) is 0.845. The van der Waals surface area contributed by atoms with Crippen LogP contribution in [0.4, 0.5) is 5.69 Å². The van der Waals surface area contributed by atoms with Gasteiger partial charge in [-0.25, -0.2) is 8.42 Å². The van der Waals surface area contributed by atoms with Gasteiger partial charge in [0.05, 0.1) is 4.90 Å². The smallest absolute Gasteiger partial charge is 0.262 e. The van der Waals surface area contributed by atoms with Crippen molar-refractivity contribution in [1.82, 2.24) is 9.71 Å². The van der Waals surface area contributed by atoms with E-state index in [9.17, 15) is 13.2 Å². The Morgan fingerprint density at radius 2 is 2.03 bits per heavy atom. The quantitative estimate of drug-likeness (QED) is 0.559. The second kappa shape index (κ2) is 8.09. The Kier molecular flexibility index (Phi) is 5.25. The van der Waals surface area contributed by atoms with Crippen LogP contribution >= 0.6 is 0 Å². The number of benzene rings is 2. The molecule has 1 aliphatic carbocycles. The molecule has 0 saturated heterocycles. The number of aromatic amines is 1. The topological polar surface area (TPSA) is 103 Å². The molecular formula is C24H26N4O3S. The Labute approximate surface area is 187 Å². The van der Waals surface area contributed by atoms with Crippen LogP contribution < -0.4 is 10.0 Å².